The summed E-state index contributed by atoms with van der Waals surface area (Å²) in [7, 11) is 1.72. The van der Waals surface area contributed by atoms with Crippen molar-refractivity contribution in [2.24, 2.45) is 10.8 Å². The highest BCUT2D eigenvalue weighted by Crippen LogP contribution is 2.28. The van der Waals surface area contributed by atoms with Crippen LogP contribution < -0.4 is 15.6 Å². The Morgan fingerprint density at radius 2 is 1.68 bits per heavy atom. The van der Waals surface area contributed by atoms with Gasteiger partial charge < -0.3 is 10.6 Å². The monoisotopic (exact) mass is 372 g/mol. The van der Waals surface area contributed by atoms with Crippen molar-refractivity contribution in [2.45, 2.75) is 12.5 Å². The van der Waals surface area contributed by atoms with Gasteiger partial charge in [-0.2, -0.15) is 5.10 Å². The Labute approximate surface area is 162 Å². The van der Waals surface area contributed by atoms with E-state index >= 15 is 0 Å². The molecule has 0 fully saturated rings. The van der Waals surface area contributed by atoms with Crippen molar-refractivity contribution in [2.75, 3.05) is 17.0 Å². The smallest absolute Gasteiger partial charge is 0.274 e. The number of nitrogens with zero attached hydrogens (tertiary/aromatic N) is 3. The maximum absolute atomic E-state index is 13.2. The summed E-state index contributed by atoms with van der Waals surface area (Å²) in [4.78, 5) is 26.7. The standard InChI is InChI=1S/C22H20N4O2/c1-25(19-13-7-9-15-8-5-6-12-17(15)19)22(28)18-14-20(21(23)27)26(24-18)16-10-3-2-4-11-16/h2-13,20H,14H2,1H3,(H2,23,27). The van der Waals surface area contributed by atoms with Crippen LogP contribution in [-0.4, -0.2) is 30.6 Å². The van der Waals surface area contributed by atoms with Gasteiger partial charge in [0.1, 0.15) is 11.8 Å². The molecule has 4 rings (SSSR count). The second-order valence-corrected chi connectivity index (χ2v) is 6.71. The van der Waals surface area contributed by atoms with E-state index in [0.717, 1.165) is 22.1 Å². The molecule has 0 aromatic heterocycles. The second kappa shape index (κ2) is 7.15. The molecule has 140 valence electrons. The molecule has 0 saturated carbocycles. The zero-order valence-electron chi connectivity index (χ0n) is 15.4. The van der Waals surface area contributed by atoms with E-state index in [1.54, 1.807) is 11.9 Å². The van der Waals surface area contributed by atoms with Gasteiger partial charge in [0.2, 0.25) is 5.91 Å². The number of primary amides is 1. The van der Waals surface area contributed by atoms with Crippen LogP contribution in [0.2, 0.25) is 0 Å². The maximum atomic E-state index is 13.2. The highest BCUT2D eigenvalue weighted by Gasteiger charge is 2.36. The van der Waals surface area contributed by atoms with E-state index in [1.165, 1.54) is 5.01 Å². The summed E-state index contributed by atoms with van der Waals surface area (Å²) in [6, 6.07) is 22.3. The van der Waals surface area contributed by atoms with Gasteiger partial charge in [0.05, 0.1) is 11.4 Å². The molecule has 1 aliphatic rings. The van der Waals surface area contributed by atoms with Gasteiger partial charge in [0.25, 0.3) is 5.91 Å². The second-order valence-electron chi connectivity index (χ2n) is 6.71. The molecule has 3 aromatic carbocycles. The molecule has 6 heteroatoms. The normalized spacial score (nSPS) is 16.1. The van der Waals surface area contributed by atoms with Crippen molar-refractivity contribution in [1.82, 2.24) is 0 Å². The lowest BCUT2D eigenvalue weighted by Gasteiger charge is -2.20. The molecule has 3 aromatic rings. The third-order valence-corrected chi connectivity index (χ3v) is 4.94. The van der Waals surface area contributed by atoms with E-state index in [2.05, 4.69) is 5.10 Å². The van der Waals surface area contributed by atoms with E-state index in [0.29, 0.717) is 5.71 Å². The number of hydrogen-bond acceptors (Lipinski definition) is 4. The molecule has 0 radical (unpaired) electrons. The third kappa shape index (κ3) is 3.09. The molecule has 2 amide bonds. The average molecular weight is 372 g/mol. The Morgan fingerprint density at radius 1 is 1.00 bits per heavy atom. The number of benzene rings is 3. The number of carbonyl (C=O) groups is 2. The van der Waals surface area contributed by atoms with Gasteiger partial charge in [-0.25, -0.2) is 0 Å². The van der Waals surface area contributed by atoms with Gasteiger partial charge in [0, 0.05) is 18.9 Å². The number of amides is 2. The molecular weight excluding hydrogens is 352 g/mol. The topological polar surface area (TPSA) is 79.0 Å². The fourth-order valence-corrected chi connectivity index (χ4v) is 3.48. The van der Waals surface area contributed by atoms with Crippen LogP contribution in [0.5, 0.6) is 0 Å². The molecule has 1 heterocycles. The number of anilines is 2. The Bertz CT molecular complexity index is 1070. The number of nitrogens with two attached hydrogens (primary N) is 1. The first-order chi connectivity index (χ1) is 13.6. The van der Waals surface area contributed by atoms with Crippen LogP contribution in [0, 0.1) is 0 Å². The lowest BCUT2D eigenvalue weighted by atomic mass is 10.1. The SMILES string of the molecule is CN(C(=O)C1=NN(c2ccccc2)C(C(N)=O)C1)c1cccc2ccccc12. The van der Waals surface area contributed by atoms with E-state index in [9.17, 15) is 9.59 Å². The summed E-state index contributed by atoms with van der Waals surface area (Å²) in [5.41, 5.74) is 7.39. The summed E-state index contributed by atoms with van der Waals surface area (Å²) in [5, 5.41) is 8.01. The van der Waals surface area contributed by atoms with E-state index in [1.807, 2.05) is 72.8 Å². The molecule has 28 heavy (non-hydrogen) atoms. The molecule has 1 unspecified atom stereocenters. The van der Waals surface area contributed by atoms with E-state index in [-0.39, 0.29) is 12.3 Å². The third-order valence-electron chi connectivity index (χ3n) is 4.94. The van der Waals surface area contributed by atoms with Gasteiger partial charge in [-0.1, -0.05) is 54.6 Å². The molecule has 1 atom stereocenters. The first-order valence-electron chi connectivity index (χ1n) is 9.03. The van der Waals surface area contributed by atoms with Crippen LogP contribution in [0.1, 0.15) is 6.42 Å². The summed E-state index contributed by atoms with van der Waals surface area (Å²) in [6.45, 7) is 0. The van der Waals surface area contributed by atoms with Gasteiger partial charge in [-0.3, -0.25) is 14.6 Å². The molecule has 0 saturated heterocycles. The van der Waals surface area contributed by atoms with Crippen LogP contribution in [0.25, 0.3) is 10.8 Å². The summed E-state index contributed by atoms with van der Waals surface area (Å²) < 4.78 is 0. The van der Waals surface area contributed by atoms with Crippen molar-refractivity contribution < 1.29 is 9.59 Å². The van der Waals surface area contributed by atoms with E-state index < -0.39 is 11.9 Å². The molecule has 0 aliphatic carbocycles. The fraction of sp³-hybridized carbons (Fsp3) is 0.136. The van der Waals surface area contributed by atoms with Crippen LogP contribution in [0.15, 0.2) is 77.9 Å². The number of carbonyl (C=O) groups excluding carboxylic acids is 2. The minimum absolute atomic E-state index is 0.179. The van der Waals surface area contributed by atoms with Crippen LogP contribution in [0.3, 0.4) is 0 Å². The Morgan fingerprint density at radius 3 is 2.43 bits per heavy atom. The molecule has 0 spiro atoms. The summed E-state index contributed by atoms with van der Waals surface area (Å²) in [5.74, 6) is -0.760. The zero-order valence-corrected chi connectivity index (χ0v) is 15.4. The number of rotatable bonds is 4. The van der Waals surface area contributed by atoms with Crippen LogP contribution >= 0.6 is 0 Å². The summed E-state index contributed by atoms with van der Waals surface area (Å²) >= 11 is 0. The van der Waals surface area contributed by atoms with Crippen molar-refractivity contribution >= 4 is 39.7 Å². The summed E-state index contributed by atoms with van der Waals surface area (Å²) in [6.07, 6.45) is 0.179. The predicted octanol–water partition coefficient (Wildman–Crippen LogP) is 2.92. The molecule has 6 nitrogen and oxygen atoms in total. The van der Waals surface area contributed by atoms with Crippen molar-refractivity contribution in [3.8, 4) is 0 Å². The minimum atomic E-state index is -0.678. The van der Waals surface area contributed by atoms with Gasteiger partial charge >= 0.3 is 0 Å². The van der Waals surface area contributed by atoms with Crippen molar-refractivity contribution in [1.29, 1.82) is 0 Å². The average Bonchev–Trinajstić information content (AvgIpc) is 3.19. The zero-order chi connectivity index (χ0) is 19.7. The number of hydrogen-bond donors (Lipinski definition) is 1. The lowest BCUT2D eigenvalue weighted by Crippen LogP contribution is -2.40. The number of hydrazone groups is 1. The van der Waals surface area contributed by atoms with E-state index in [4.69, 9.17) is 5.73 Å². The molecular formula is C22H20N4O2. The Kier molecular flexibility index (Phi) is 4.53. The van der Waals surface area contributed by atoms with Gasteiger partial charge in [-0.15, -0.1) is 0 Å². The van der Waals surface area contributed by atoms with Crippen LogP contribution in [0.4, 0.5) is 11.4 Å². The van der Waals surface area contributed by atoms with Crippen molar-refractivity contribution in [3.05, 3.63) is 72.8 Å². The molecule has 2 N–H and O–H groups in total. The first-order valence-corrected chi connectivity index (χ1v) is 9.03. The van der Waals surface area contributed by atoms with Gasteiger partial charge in [0.15, 0.2) is 0 Å². The highest BCUT2D eigenvalue weighted by atomic mass is 16.2. The van der Waals surface area contributed by atoms with Crippen molar-refractivity contribution in [3.63, 3.8) is 0 Å². The largest absolute Gasteiger partial charge is 0.368 e. The fourth-order valence-electron chi connectivity index (χ4n) is 3.48. The van der Waals surface area contributed by atoms with Crippen LogP contribution in [-0.2, 0) is 9.59 Å². The molecule has 1 aliphatic heterocycles. The first kappa shape index (κ1) is 17.7. The van der Waals surface area contributed by atoms with Gasteiger partial charge in [-0.05, 0) is 23.6 Å². The molecule has 0 bridgehead atoms. The lowest BCUT2D eigenvalue weighted by molar-refractivity contribution is -0.119. The predicted molar refractivity (Wildman–Crippen MR) is 111 cm³/mol. The quantitative estimate of drug-likeness (QED) is 0.765. The Balaban J connectivity index is 1.68. The Hall–Kier alpha value is -3.67. The highest BCUT2D eigenvalue weighted by molar-refractivity contribution is 6.45. The minimum Gasteiger partial charge on any atom is -0.368 e. The number of fused-ring (bicyclic) bond motifs is 1. The maximum Gasteiger partial charge on any atom is 0.274 e. The number of para-hydroxylation sites is 1.